The zero-order valence-electron chi connectivity index (χ0n) is 22.6. The van der Waals surface area contributed by atoms with Crippen molar-refractivity contribution in [3.05, 3.63) is 65.5 Å². The lowest BCUT2D eigenvalue weighted by Crippen LogP contribution is -2.44. The summed E-state index contributed by atoms with van der Waals surface area (Å²) < 4.78 is 20.6. The van der Waals surface area contributed by atoms with Crippen LogP contribution in [0.3, 0.4) is 0 Å². The van der Waals surface area contributed by atoms with Crippen LogP contribution in [0.15, 0.2) is 54.4 Å². The third-order valence-electron chi connectivity index (χ3n) is 4.32. The minimum atomic E-state index is -0.972. The lowest BCUT2D eigenvalue weighted by molar-refractivity contribution is -0.136. The molecule has 0 unspecified atom stereocenters. The monoisotopic (exact) mass is 527 g/mol. The Balaban J connectivity index is 2.26. The van der Waals surface area contributed by atoms with Crippen LogP contribution in [0.5, 0.6) is 0 Å². The molecule has 204 valence electrons. The predicted molar refractivity (Wildman–Crippen MR) is 139 cm³/mol. The van der Waals surface area contributed by atoms with Crippen molar-refractivity contribution < 1.29 is 38.1 Å². The summed E-state index contributed by atoms with van der Waals surface area (Å²) in [6.07, 6.45) is -0.216. The lowest BCUT2D eigenvalue weighted by Gasteiger charge is -2.28. The molecular weight excluding hydrogens is 494 g/mol. The molecule has 0 spiro atoms. The number of alkyl carbamates (subject to hydrolysis) is 1. The number of nitrogens with zero attached hydrogens (tertiary/aromatic N) is 2. The van der Waals surface area contributed by atoms with E-state index in [9.17, 15) is 19.2 Å². The van der Waals surface area contributed by atoms with E-state index in [2.05, 4.69) is 10.3 Å². The van der Waals surface area contributed by atoms with Crippen molar-refractivity contribution in [2.24, 2.45) is 0 Å². The van der Waals surface area contributed by atoms with Gasteiger partial charge in [-0.25, -0.2) is 24.2 Å². The zero-order chi connectivity index (χ0) is 28.5. The second-order valence-electron chi connectivity index (χ2n) is 9.98. The number of hydrogen-bond donors (Lipinski definition) is 1. The molecule has 0 fully saturated rings. The molecule has 11 nitrogen and oxygen atoms in total. The maximum atomic E-state index is 12.8. The van der Waals surface area contributed by atoms with E-state index >= 15 is 0 Å². The molecule has 11 heteroatoms. The minimum Gasteiger partial charge on any atom is -0.464 e. The van der Waals surface area contributed by atoms with Crippen LogP contribution in [0.2, 0.25) is 0 Å². The van der Waals surface area contributed by atoms with Gasteiger partial charge in [-0.1, -0.05) is 30.3 Å². The van der Waals surface area contributed by atoms with E-state index in [1.807, 2.05) is 6.07 Å². The Bertz CT molecular complexity index is 1140. The van der Waals surface area contributed by atoms with E-state index in [4.69, 9.17) is 18.9 Å². The summed E-state index contributed by atoms with van der Waals surface area (Å²) in [5.41, 5.74) is -0.848. The quantitative estimate of drug-likeness (QED) is 0.306. The van der Waals surface area contributed by atoms with Crippen molar-refractivity contribution in [2.45, 2.75) is 59.4 Å². The summed E-state index contributed by atoms with van der Waals surface area (Å²) in [5.74, 6) is -0.893. The Kier molecular flexibility index (Phi) is 9.97. The standard InChI is InChI=1S/C27H33N3O8/c1-26(2,3)37-24(33)30(25(34)38-27(4,5)6)21-14-13-19(16-28-21)15-20(22(31)35-7)29-23(32)36-17-18-11-9-8-10-12-18/h8-16H,17H2,1-7H3,(H,29,32)/b20-15-. The van der Waals surface area contributed by atoms with E-state index in [0.717, 1.165) is 12.7 Å². The summed E-state index contributed by atoms with van der Waals surface area (Å²) in [5, 5.41) is 2.35. The van der Waals surface area contributed by atoms with Gasteiger partial charge < -0.3 is 18.9 Å². The van der Waals surface area contributed by atoms with Crippen molar-refractivity contribution in [1.82, 2.24) is 10.3 Å². The molecule has 1 aromatic heterocycles. The van der Waals surface area contributed by atoms with Crippen LogP contribution in [0.4, 0.5) is 20.2 Å². The van der Waals surface area contributed by atoms with E-state index < -0.39 is 35.5 Å². The number of hydrogen-bond acceptors (Lipinski definition) is 9. The molecule has 0 aliphatic heterocycles. The fourth-order valence-corrected chi connectivity index (χ4v) is 2.78. The third kappa shape index (κ3) is 9.92. The molecule has 1 heterocycles. The zero-order valence-corrected chi connectivity index (χ0v) is 22.6. The highest BCUT2D eigenvalue weighted by Crippen LogP contribution is 2.21. The molecule has 0 radical (unpaired) electrons. The first-order chi connectivity index (χ1) is 17.7. The number of methoxy groups -OCH3 is 1. The Morgan fingerprint density at radius 2 is 1.47 bits per heavy atom. The lowest BCUT2D eigenvalue weighted by atomic mass is 10.2. The molecule has 3 amide bonds. The highest BCUT2D eigenvalue weighted by Gasteiger charge is 2.33. The largest absolute Gasteiger partial charge is 0.464 e. The highest BCUT2D eigenvalue weighted by atomic mass is 16.6. The summed E-state index contributed by atoms with van der Waals surface area (Å²) in [6, 6.07) is 11.9. The summed E-state index contributed by atoms with van der Waals surface area (Å²) >= 11 is 0. The number of amides is 3. The molecule has 0 bridgehead atoms. The van der Waals surface area contributed by atoms with Crippen LogP contribution in [0.25, 0.3) is 6.08 Å². The van der Waals surface area contributed by atoms with Gasteiger partial charge in [0, 0.05) is 6.20 Å². The van der Waals surface area contributed by atoms with Gasteiger partial charge in [-0.15, -0.1) is 0 Å². The number of carbonyl (C=O) groups excluding carboxylic acids is 4. The van der Waals surface area contributed by atoms with Gasteiger partial charge in [0.2, 0.25) is 0 Å². The van der Waals surface area contributed by atoms with Crippen molar-refractivity contribution in [1.29, 1.82) is 0 Å². The molecule has 0 aliphatic rings. The van der Waals surface area contributed by atoms with Crippen LogP contribution >= 0.6 is 0 Å². The molecule has 38 heavy (non-hydrogen) atoms. The first-order valence-corrected chi connectivity index (χ1v) is 11.7. The molecule has 0 saturated heterocycles. The molecule has 0 saturated carbocycles. The van der Waals surface area contributed by atoms with Gasteiger partial charge in [0.25, 0.3) is 0 Å². The first kappa shape index (κ1) is 29.8. The van der Waals surface area contributed by atoms with Gasteiger partial charge in [-0.2, -0.15) is 4.90 Å². The Labute approximate surface area is 221 Å². The number of imide groups is 1. The number of aromatic nitrogens is 1. The van der Waals surface area contributed by atoms with Crippen molar-refractivity contribution >= 4 is 36.1 Å². The second kappa shape index (κ2) is 12.7. The van der Waals surface area contributed by atoms with Crippen LogP contribution in [0.1, 0.15) is 52.7 Å². The topological polar surface area (TPSA) is 133 Å². The van der Waals surface area contributed by atoms with Gasteiger partial charge >= 0.3 is 24.2 Å². The average molecular weight is 528 g/mol. The van der Waals surface area contributed by atoms with Gasteiger partial charge in [-0.05, 0) is 70.9 Å². The molecule has 2 aromatic rings. The normalized spacial score (nSPS) is 11.7. The van der Waals surface area contributed by atoms with E-state index in [-0.39, 0.29) is 18.1 Å². The number of carbonyl (C=O) groups is 4. The SMILES string of the molecule is COC(=O)/C(=C/c1ccc(N(C(=O)OC(C)(C)C)C(=O)OC(C)(C)C)nc1)NC(=O)OCc1ccccc1. The molecule has 1 aromatic carbocycles. The van der Waals surface area contributed by atoms with E-state index in [1.165, 1.54) is 24.4 Å². The third-order valence-corrected chi connectivity index (χ3v) is 4.32. The maximum absolute atomic E-state index is 12.8. The second-order valence-corrected chi connectivity index (χ2v) is 9.98. The first-order valence-electron chi connectivity index (χ1n) is 11.7. The minimum absolute atomic E-state index is 0.00252. The van der Waals surface area contributed by atoms with Gasteiger partial charge in [0.15, 0.2) is 0 Å². The molecule has 0 atom stereocenters. The summed E-state index contributed by atoms with van der Waals surface area (Å²) in [6.45, 7) is 9.95. The molecule has 0 aliphatic carbocycles. The fraction of sp³-hybridized carbons (Fsp3) is 0.370. The van der Waals surface area contributed by atoms with Gasteiger partial charge in [0.05, 0.1) is 7.11 Å². The maximum Gasteiger partial charge on any atom is 0.425 e. The van der Waals surface area contributed by atoms with Crippen molar-refractivity contribution in [3.8, 4) is 0 Å². The molecule has 1 N–H and O–H groups in total. The van der Waals surface area contributed by atoms with Crippen molar-refractivity contribution in [2.75, 3.05) is 12.0 Å². The molecular formula is C27H33N3O8. The Morgan fingerprint density at radius 3 is 1.95 bits per heavy atom. The molecule has 2 rings (SSSR count). The van der Waals surface area contributed by atoms with Gasteiger partial charge in [-0.3, -0.25) is 5.32 Å². The number of benzene rings is 1. The average Bonchev–Trinajstić information content (AvgIpc) is 2.81. The number of esters is 1. The number of ether oxygens (including phenoxy) is 4. The van der Waals surface area contributed by atoms with E-state index in [0.29, 0.717) is 10.5 Å². The number of anilines is 1. The Hall–Kier alpha value is -4.41. The van der Waals surface area contributed by atoms with Crippen molar-refractivity contribution in [3.63, 3.8) is 0 Å². The summed E-state index contributed by atoms with van der Waals surface area (Å²) in [4.78, 5) is 54.9. The van der Waals surface area contributed by atoms with Crippen LogP contribution in [-0.4, -0.2) is 47.5 Å². The summed E-state index contributed by atoms with van der Waals surface area (Å²) in [7, 11) is 1.16. The smallest absolute Gasteiger partial charge is 0.425 e. The van der Waals surface area contributed by atoms with Crippen LogP contribution < -0.4 is 10.2 Å². The Morgan fingerprint density at radius 1 is 0.895 bits per heavy atom. The van der Waals surface area contributed by atoms with Crippen LogP contribution in [0, 0.1) is 0 Å². The number of pyridine rings is 1. The van der Waals surface area contributed by atoms with E-state index in [1.54, 1.807) is 65.8 Å². The predicted octanol–water partition coefficient (Wildman–Crippen LogP) is 5.20. The number of rotatable bonds is 6. The van der Waals surface area contributed by atoms with Crippen LogP contribution in [-0.2, 0) is 30.3 Å². The highest BCUT2D eigenvalue weighted by molar-refractivity contribution is 6.08. The number of nitrogens with one attached hydrogen (secondary N) is 1. The van der Waals surface area contributed by atoms with Gasteiger partial charge in [0.1, 0.15) is 29.3 Å². The fourth-order valence-electron chi connectivity index (χ4n) is 2.78.